The summed E-state index contributed by atoms with van der Waals surface area (Å²) >= 11 is 5.88. The van der Waals surface area contributed by atoms with Crippen molar-refractivity contribution in [2.24, 2.45) is 0 Å². The van der Waals surface area contributed by atoms with Crippen molar-refractivity contribution in [2.75, 3.05) is 13.2 Å². The van der Waals surface area contributed by atoms with Crippen LogP contribution in [0.4, 0.5) is 0 Å². The summed E-state index contributed by atoms with van der Waals surface area (Å²) in [4.78, 5) is 0. The zero-order valence-corrected chi connectivity index (χ0v) is 8.04. The Labute approximate surface area is 81.8 Å². The van der Waals surface area contributed by atoms with Crippen molar-refractivity contribution in [3.8, 4) is 0 Å². The molecule has 2 rings (SSSR count). The van der Waals surface area contributed by atoms with Gasteiger partial charge in [0.1, 0.15) is 0 Å². The van der Waals surface area contributed by atoms with Crippen LogP contribution in [-0.2, 0) is 19.5 Å². The molecule has 0 aliphatic carbocycles. The van der Waals surface area contributed by atoms with E-state index >= 15 is 0 Å². The maximum Gasteiger partial charge on any atom is 0.0683 e. The summed E-state index contributed by atoms with van der Waals surface area (Å²) in [6.07, 6.45) is 2.86. The Morgan fingerprint density at radius 3 is 3.23 bits per heavy atom. The van der Waals surface area contributed by atoms with Gasteiger partial charge in [0, 0.05) is 31.3 Å². The number of nitrogens with zero attached hydrogens (tertiary/aromatic N) is 3. The monoisotopic (exact) mass is 201 g/mol. The molecule has 1 aromatic heterocycles. The van der Waals surface area contributed by atoms with Crippen LogP contribution in [0.3, 0.4) is 0 Å². The molecule has 13 heavy (non-hydrogen) atoms. The first-order valence-corrected chi connectivity index (χ1v) is 4.70. The molecule has 1 N–H and O–H groups in total. The molecule has 4 nitrogen and oxygen atoms in total. The lowest BCUT2D eigenvalue weighted by Gasteiger charge is -2.17. The Balaban J connectivity index is 2.18. The second-order valence-corrected chi connectivity index (χ2v) is 3.66. The topological polar surface area (TPSA) is 41.3 Å². The average Bonchev–Trinajstić information content (AvgIpc) is 2.46. The van der Waals surface area contributed by atoms with Gasteiger partial charge in [0.2, 0.25) is 0 Å². The van der Waals surface area contributed by atoms with E-state index in [0.717, 1.165) is 25.2 Å². The Morgan fingerprint density at radius 1 is 1.62 bits per heavy atom. The van der Waals surface area contributed by atoms with Gasteiger partial charge in [0.05, 0.1) is 18.8 Å². The Hall–Kier alpha value is -0.580. The molecule has 0 atom stereocenters. The summed E-state index contributed by atoms with van der Waals surface area (Å²) in [6.45, 7) is 2.30. The number of halogens is 1. The van der Waals surface area contributed by atoms with Gasteiger partial charge in [-0.1, -0.05) is 0 Å². The van der Waals surface area contributed by atoms with Gasteiger partial charge in [-0.05, 0) is 11.8 Å². The predicted molar refractivity (Wildman–Crippen MR) is 49.3 cm³/mol. The van der Waals surface area contributed by atoms with Crippen LogP contribution in [0.2, 0.25) is 0 Å². The normalized spacial score (nSPS) is 17.4. The number of hydrogen-bond acceptors (Lipinski definition) is 3. The molecule has 0 aromatic carbocycles. The first-order chi connectivity index (χ1) is 6.29. The highest BCUT2D eigenvalue weighted by Gasteiger charge is 2.17. The van der Waals surface area contributed by atoms with E-state index in [1.165, 1.54) is 5.56 Å². The van der Waals surface area contributed by atoms with Crippen LogP contribution < -0.4 is 0 Å². The highest BCUT2D eigenvalue weighted by molar-refractivity contribution is 6.13. The molecule has 0 bridgehead atoms. The SMILES string of the molecule is OCCn1cc2c(n1)CCN(Cl)C2. The van der Waals surface area contributed by atoms with Crippen LogP contribution in [0.5, 0.6) is 0 Å². The van der Waals surface area contributed by atoms with Gasteiger partial charge < -0.3 is 5.11 Å². The predicted octanol–water partition coefficient (Wildman–Crippen LogP) is 0.387. The summed E-state index contributed by atoms with van der Waals surface area (Å²) in [6, 6.07) is 0. The summed E-state index contributed by atoms with van der Waals surface area (Å²) in [7, 11) is 0. The number of rotatable bonds is 2. The highest BCUT2D eigenvalue weighted by atomic mass is 35.5. The van der Waals surface area contributed by atoms with Crippen LogP contribution in [-0.4, -0.2) is 32.5 Å². The lowest BCUT2D eigenvalue weighted by molar-refractivity contribution is 0.269. The zero-order chi connectivity index (χ0) is 9.26. The summed E-state index contributed by atoms with van der Waals surface area (Å²) in [5, 5.41) is 13.1. The minimum absolute atomic E-state index is 0.130. The van der Waals surface area contributed by atoms with E-state index < -0.39 is 0 Å². The van der Waals surface area contributed by atoms with Crippen molar-refractivity contribution in [1.29, 1.82) is 0 Å². The molecule has 1 aromatic rings. The molecule has 0 fully saturated rings. The van der Waals surface area contributed by atoms with E-state index in [2.05, 4.69) is 5.10 Å². The molecule has 0 saturated heterocycles. The first-order valence-electron chi connectivity index (χ1n) is 4.36. The number of aliphatic hydroxyl groups excluding tert-OH is 1. The number of aliphatic hydroxyl groups is 1. The number of aromatic nitrogens is 2. The van der Waals surface area contributed by atoms with Gasteiger partial charge in [-0.25, -0.2) is 4.42 Å². The highest BCUT2D eigenvalue weighted by Crippen LogP contribution is 2.18. The van der Waals surface area contributed by atoms with Crippen LogP contribution >= 0.6 is 11.8 Å². The third kappa shape index (κ3) is 1.85. The van der Waals surface area contributed by atoms with Crippen molar-refractivity contribution in [3.63, 3.8) is 0 Å². The molecule has 1 aliphatic rings. The van der Waals surface area contributed by atoms with E-state index in [1.807, 2.05) is 6.20 Å². The standard InChI is InChI=1S/C8H12ClN3O/c9-11-2-1-8-7(5-11)6-12(10-8)3-4-13/h6,13H,1-5H2. The number of hydrogen-bond donors (Lipinski definition) is 1. The van der Waals surface area contributed by atoms with Crippen molar-refractivity contribution in [3.05, 3.63) is 17.5 Å². The zero-order valence-electron chi connectivity index (χ0n) is 7.28. The number of fused-ring (bicyclic) bond motifs is 1. The maximum atomic E-state index is 8.74. The molecule has 0 radical (unpaired) electrons. The fraction of sp³-hybridized carbons (Fsp3) is 0.625. The van der Waals surface area contributed by atoms with Gasteiger partial charge in [0.25, 0.3) is 0 Å². The van der Waals surface area contributed by atoms with E-state index in [0.29, 0.717) is 6.54 Å². The third-order valence-corrected chi connectivity index (χ3v) is 2.48. The molecule has 2 heterocycles. The van der Waals surface area contributed by atoms with E-state index in [-0.39, 0.29) is 6.61 Å². The van der Waals surface area contributed by atoms with E-state index in [4.69, 9.17) is 16.9 Å². The molecular formula is C8H12ClN3O. The van der Waals surface area contributed by atoms with Gasteiger partial charge in [-0.3, -0.25) is 4.68 Å². The molecule has 0 amide bonds. The molecule has 5 heteroatoms. The lowest BCUT2D eigenvalue weighted by atomic mass is 10.1. The summed E-state index contributed by atoms with van der Waals surface area (Å²) in [5.74, 6) is 0. The van der Waals surface area contributed by atoms with Crippen LogP contribution in [0.1, 0.15) is 11.3 Å². The van der Waals surface area contributed by atoms with Crippen LogP contribution in [0.15, 0.2) is 6.20 Å². The van der Waals surface area contributed by atoms with E-state index in [1.54, 1.807) is 9.10 Å². The fourth-order valence-electron chi connectivity index (χ4n) is 1.55. The van der Waals surface area contributed by atoms with Crippen molar-refractivity contribution < 1.29 is 5.11 Å². The Kier molecular flexibility index (Phi) is 2.53. The maximum absolute atomic E-state index is 8.74. The minimum atomic E-state index is 0.130. The van der Waals surface area contributed by atoms with Gasteiger partial charge in [-0.2, -0.15) is 5.10 Å². The second kappa shape index (κ2) is 3.65. The molecule has 0 unspecified atom stereocenters. The second-order valence-electron chi connectivity index (χ2n) is 3.18. The van der Waals surface area contributed by atoms with Crippen molar-refractivity contribution in [1.82, 2.24) is 14.2 Å². The van der Waals surface area contributed by atoms with Crippen molar-refractivity contribution >= 4 is 11.8 Å². The summed E-state index contributed by atoms with van der Waals surface area (Å²) < 4.78 is 3.54. The summed E-state index contributed by atoms with van der Waals surface area (Å²) in [5.41, 5.74) is 2.29. The quantitative estimate of drug-likeness (QED) is 0.704. The lowest BCUT2D eigenvalue weighted by Crippen LogP contribution is -2.21. The third-order valence-electron chi connectivity index (χ3n) is 2.19. The molecule has 72 valence electrons. The molecule has 1 aliphatic heterocycles. The largest absolute Gasteiger partial charge is 0.394 e. The fourth-order valence-corrected chi connectivity index (χ4v) is 1.77. The Morgan fingerprint density at radius 2 is 2.46 bits per heavy atom. The van der Waals surface area contributed by atoms with Gasteiger partial charge >= 0.3 is 0 Å². The van der Waals surface area contributed by atoms with Crippen LogP contribution in [0.25, 0.3) is 0 Å². The van der Waals surface area contributed by atoms with Gasteiger partial charge in [-0.15, -0.1) is 0 Å². The van der Waals surface area contributed by atoms with Crippen LogP contribution in [0, 0.1) is 0 Å². The molecule has 0 spiro atoms. The minimum Gasteiger partial charge on any atom is -0.394 e. The average molecular weight is 202 g/mol. The molecule has 0 saturated carbocycles. The Bertz CT molecular complexity index is 300. The molecular weight excluding hydrogens is 190 g/mol. The van der Waals surface area contributed by atoms with Crippen molar-refractivity contribution in [2.45, 2.75) is 19.5 Å². The van der Waals surface area contributed by atoms with E-state index in [9.17, 15) is 0 Å². The van der Waals surface area contributed by atoms with Gasteiger partial charge in [0.15, 0.2) is 0 Å². The first kappa shape index (κ1) is 8.99. The smallest absolute Gasteiger partial charge is 0.0683 e.